The van der Waals surface area contributed by atoms with E-state index in [1.54, 1.807) is 4.90 Å². The minimum absolute atomic E-state index is 0.00818. The van der Waals surface area contributed by atoms with Crippen molar-refractivity contribution in [1.82, 2.24) is 10.2 Å². The molecule has 0 aliphatic rings. The predicted octanol–water partition coefficient (Wildman–Crippen LogP) is 6.22. The molecular formula is C32H40N2O2. The highest BCUT2D eigenvalue weighted by atomic mass is 16.2. The van der Waals surface area contributed by atoms with Crippen LogP contribution in [0.1, 0.15) is 67.9 Å². The van der Waals surface area contributed by atoms with Crippen LogP contribution < -0.4 is 5.32 Å². The molecule has 0 heterocycles. The van der Waals surface area contributed by atoms with Crippen LogP contribution in [0.2, 0.25) is 0 Å². The Balaban J connectivity index is 1.88. The van der Waals surface area contributed by atoms with Crippen molar-refractivity contribution in [3.63, 3.8) is 0 Å². The van der Waals surface area contributed by atoms with Gasteiger partial charge in [-0.2, -0.15) is 0 Å². The van der Waals surface area contributed by atoms with Gasteiger partial charge >= 0.3 is 0 Å². The molecule has 1 N–H and O–H groups in total. The summed E-state index contributed by atoms with van der Waals surface area (Å²) >= 11 is 0. The first-order valence-corrected chi connectivity index (χ1v) is 13.0. The van der Waals surface area contributed by atoms with E-state index in [1.165, 1.54) is 5.56 Å². The van der Waals surface area contributed by atoms with Crippen molar-refractivity contribution in [3.8, 4) is 0 Å². The van der Waals surface area contributed by atoms with Gasteiger partial charge in [0.15, 0.2) is 0 Å². The first-order chi connectivity index (χ1) is 17.2. The first-order valence-electron chi connectivity index (χ1n) is 13.0. The molecule has 0 spiro atoms. The highest BCUT2D eigenvalue weighted by Crippen LogP contribution is 2.19. The minimum Gasteiger partial charge on any atom is -0.352 e. The van der Waals surface area contributed by atoms with Crippen molar-refractivity contribution in [2.75, 3.05) is 0 Å². The van der Waals surface area contributed by atoms with E-state index in [1.807, 2.05) is 69.3 Å². The third kappa shape index (κ3) is 8.08. The first kappa shape index (κ1) is 27.2. The van der Waals surface area contributed by atoms with Crippen LogP contribution in [0.3, 0.4) is 0 Å². The van der Waals surface area contributed by atoms with Crippen molar-refractivity contribution < 1.29 is 9.59 Å². The van der Waals surface area contributed by atoms with Crippen LogP contribution in [0.25, 0.3) is 0 Å². The molecular weight excluding hydrogens is 444 g/mol. The number of carbonyl (C=O) groups excluding carboxylic acids is 2. The van der Waals surface area contributed by atoms with Gasteiger partial charge in [0.2, 0.25) is 11.8 Å². The maximum Gasteiger partial charge on any atom is 0.243 e. The molecule has 0 fully saturated rings. The van der Waals surface area contributed by atoms with Gasteiger partial charge in [-0.25, -0.2) is 0 Å². The molecule has 0 bridgehead atoms. The van der Waals surface area contributed by atoms with Crippen molar-refractivity contribution >= 4 is 11.8 Å². The Bertz CT molecular complexity index is 1120. The number of nitrogens with zero attached hydrogens (tertiary/aromatic N) is 1. The molecule has 0 saturated carbocycles. The molecule has 2 amide bonds. The summed E-state index contributed by atoms with van der Waals surface area (Å²) in [6.07, 6.45) is 1.47. The fraction of sp³-hybridized carbons (Fsp3) is 0.375. The maximum atomic E-state index is 13.7. The highest BCUT2D eigenvalue weighted by molar-refractivity contribution is 5.88. The Morgan fingerprint density at radius 3 is 2.08 bits per heavy atom. The summed E-state index contributed by atoms with van der Waals surface area (Å²) in [7, 11) is 0. The van der Waals surface area contributed by atoms with E-state index in [0.29, 0.717) is 31.7 Å². The largest absolute Gasteiger partial charge is 0.352 e. The summed E-state index contributed by atoms with van der Waals surface area (Å²) in [6.45, 7) is 10.7. The fourth-order valence-corrected chi connectivity index (χ4v) is 4.41. The molecule has 0 aromatic heterocycles. The van der Waals surface area contributed by atoms with Gasteiger partial charge in [-0.3, -0.25) is 9.59 Å². The summed E-state index contributed by atoms with van der Waals surface area (Å²) < 4.78 is 0. The van der Waals surface area contributed by atoms with E-state index in [2.05, 4.69) is 49.5 Å². The van der Waals surface area contributed by atoms with Crippen molar-refractivity contribution in [2.45, 2.75) is 78.4 Å². The van der Waals surface area contributed by atoms with Gasteiger partial charge in [0, 0.05) is 25.4 Å². The second-order valence-corrected chi connectivity index (χ2v) is 10.3. The van der Waals surface area contributed by atoms with Gasteiger partial charge in [0.25, 0.3) is 0 Å². The zero-order valence-electron chi connectivity index (χ0n) is 22.3. The number of rotatable bonds is 11. The van der Waals surface area contributed by atoms with E-state index in [-0.39, 0.29) is 17.9 Å². The lowest BCUT2D eigenvalue weighted by molar-refractivity contribution is -0.141. The molecule has 0 unspecified atom stereocenters. The van der Waals surface area contributed by atoms with Gasteiger partial charge in [-0.05, 0) is 55.4 Å². The Morgan fingerprint density at radius 2 is 1.47 bits per heavy atom. The molecule has 4 heteroatoms. The van der Waals surface area contributed by atoms with Crippen LogP contribution in [-0.4, -0.2) is 28.8 Å². The molecule has 0 saturated heterocycles. The number of nitrogens with one attached hydrogen (secondary N) is 1. The number of aryl methyl sites for hydroxylation is 2. The van der Waals surface area contributed by atoms with Gasteiger partial charge in [-0.15, -0.1) is 0 Å². The monoisotopic (exact) mass is 484 g/mol. The molecule has 36 heavy (non-hydrogen) atoms. The third-order valence-electron chi connectivity index (χ3n) is 6.41. The molecule has 3 rings (SSSR count). The van der Waals surface area contributed by atoms with E-state index < -0.39 is 6.04 Å². The van der Waals surface area contributed by atoms with Crippen LogP contribution in [0.15, 0.2) is 78.9 Å². The Labute approximate surface area is 216 Å². The quantitative estimate of drug-likeness (QED) is 0.351. The molecule has 4 nitrogen and oxygen atoms in total. The second kappa shape index (κ2) is 13.1. The third-order valence-corrected chi connectivity index (χ3v) is 6.41. The predicted molar refractivity (Wildman–Crippen MR) is 148 cm³/mol. The standard InChI is InChI=1S/C32H40N2O2/c1-23(2)29-17-14-26(15-18-29)16-19-31(35)34(22-28-13-9-10-25(5)20-28)30(32(36)33-24(3)4)21-27-11-7-6-8-12-27/h6-15,17-18,20,23-24,30H,16,19,21-22H2,1-5H3,(H,33,36)/t30-/m1/s1. The number of hydrogen-bond acceptors (Lipinski definition) is 2. The van der Waals surface area contributed by atoms with Gasteiger partial charge in [0.1, 0.15) is 6.04 Å². The SMILES string of the molecule is Cc1cccc(CN(C(=O)CCc2ccc(C(C)C)cc2)[C@H](Cc2ccccc2)C(=O)NC(C)C)c1. The number of amides is 2. The van der Waals surface area contributed by atoms with Gasteiger partial charge < -0.3 is 10.2 Å². The summed E-state index contributed by atoms with van der Waals surface area (Å²) in [5.41, 5.74) is 5.62. The normalized spacial score (nSPS) is 12.0. The number of hydrogen-bond donors (Lipinski definition) is 1. The highest BCUT2D eigenvalue weighted by Gasteiger charge is 2.30. The van der Waals surface area contributed by atoms with Crippen molar-refractivity contribution in [3.05, 3.63) is 107 Å². The summed E-state index contributed by atoms with van der Waals surface area (Å²) in [4.78, 5) is 29.0. The topological polar surface area (TPSA) is 49.4 Å². The van der Waals surface area contributed by atoms with Crippen LogP contribution >= 0.6 is 0 Å². The van der Waals surface area contributed by atoms with Crippen LogP contribution in [0.4, 0.5) is 0 Å². The van der Waals surface area contributed by atoms with Crippen LogP contribution in [0, 0.1) is 6.92 Å². The molecule has 3 aromatic rings. The van der Waals surface area contributed by atoms with Gasteiger partial charge in [-0.1, -0.05) is 98.3 Å². The second-order valence-electron chi connectivity index (χ2n) is 10.3. The molecule has 1 atom stereocenters. The average molecular weight is 485 g/mol. The lowest BCUT2D eigenvalue weighted by Gasteiger charge is -2.32. The molecule has 190 valence electrons. The zero-order chi connectivity index (χ0) is 26.1. The molecule has 0 aliphatic heterocycles. The summed E-state index contributed by atoms with van der Waals surface area (Å²) in [5, 5.41) is 3.05. The number of carbonyl (C=O) groups is 2. The maximum absolute atomic E-state index is 13.7. The minimum atomic E-state index is -0.592. The number of benzene rings is 3. The molecule has 3 aromatic carbocycles. The lowest BCUT2D eigenvalue weighted by atomic mass is 9.99. The molecule has 0 aliphatic carbocycles. The van der Waals surface area contributed by atoms with Crippen LogP contribution in [0.5, 0.6) is 0 Å². The van der Waals surface area contributed by atoms with Crippen molar-refractivity contribution in [1.29, 1.82) is 0 Å². The van der Waals surface area contributed by atoms with Gasteiger partial charge in [0.05, 0.1) is 0 Å². The average Bonchev–Trinajstić information content (AvgIpc) is 2.85. The van der Waals surface area contributed by atoms with Crippen LogP contribution in [-0.2, 0) is 29.0 Å². The Kier molecular flexibility index (Phi) is 9.86. The van der Waals surface area contributed by atoms with E-state index in [9.17, 15) is 9.59 Å². The van der Waals surface area contributed by atoms with E-state index in [0.717, 1.165) is 22.3 Å². The van der Waals surface area contributed by atoms with Crippen molar-refractivity contribution in [2.24, 2.45) is 0 Å². The zero-order valence-corrected chi connectivity index (χ0v) is 22.3. The lowest BCUT2D eigenvalue weighted by Crippen LogP contribution is -2.51. The Morgan fingerprint density at radius 1 is 0.806 bits per heavy atom. The van der Waals surface area contributed by atoms with E-state index in [4.69, 9.17) is 0 Å². The Hall–Kier alpha value is -3.40. The fourth-order valence-electron chi connectivity index (χ4n) is 4.41. The molecule has 0 radical (unpaired) electrons. The summed E-state index contributed by atoms with van der Waals surface area (Å²) in [6, 6.07) is 26.0. The summed E-state index contributed by atoms with van der Waals surface area (Å²) in [5.74, 6) is 0.351. The smallest absolute Gasteiger partial charge is 0.243 e. The van der Waals surface area contributed by atoms with E-state index >= 15 is 0 Å².